The van der Waals surface area contributed by atoms with E-state index in [-0.39, 0.29) is 5.91 Å². The average molecular weight is 331 g/mol. The van der Waals surface area contributed by atoms with Gasteiger partial charge in [0.25, 0.3) is 0 Å². The lowest BCUT2D eigenvalue weighted by molar-refractivity contribution is -0.115. The van der Waals surface area contributed by atoms with Gasteiger partial charge in [0.15, 0.2) is 5.13 Å². The summed E-state index contributed by atoms with van der Waals surface area (Å²) in [6.45, 7) is 4.08. The van der Waals surface area contributed by atoms with E-state index in [1.807, 2.05) is 19.1 Å². The molecule has 0 atom stereocenters. The first-order valence-corrected chi connectivity index (χ1v) is 8.13. The van der Waals surface area contributed by atoms with Gasteiger partial charge in [-0.05, 0) is 42.7 Å². The van der Waals surface area contributed by atoms with Crippen LogP contribution in [0.5, 0.6) is 0 Å². The Morgan fingerprint density at radius 3 is 2.50 bits per heavy atom. The summed E-state index contributed by atoms with van der Waals surface area (Å²) in [6.07, 6.45) is 0.311. The highest BCUT2D eigenvalue weighted by molar-refractivity contribution is 7.22. The van der Waals surface area contributed by atoms with E-state index in [0.717, 1.165) is 21.3 Å². The van der Waals surface area contributed by atoms with Crippen molar-refractivity contribution in [3.63, 3.8) is 0 Å². The maximum atomic E-state index is 12.1. The second-order valence-electron chi connectivity index (χ2n) is 5.25. The third-order valence-corrected chi connectivity index (χ3v) is 4.82. The molecular weight excluding hydrogens is 316 g/mol. The zero-order chi connectivity index (χ0) is 15.7. The van der Waals surface area contributed by atoms with Gasteiger partial charge in [-0.3, -0.25) is 4.79 Å². The van der Waals surface area contributed by atoms with Crippen molar-refractivity contribution in [2.45, 2.75) is 20.3 Å². The summed E-state index contributed by atoms with van der Waals surface area (Å²) in [5, 5.41) is 4.20. The molecule has 5 heteroatoms. The summed E-state index contributed by atoms with van der Waals surface area (Å²) in [4.78, 5) is 16.7. The molecule has 0 unspecified atom stereocenters. The number of benzene rings is 2. The van der Waals surface area contributed by atoms with Crippen LogP contribution in [-0.2, 0) is 11.2 Å². The van der Waals surface area contributed by atoms with Gasteiger partial charge in [0.1, 0.15) is 0 Å². The minimum atomic E-state index is -0.0725. The maximum absolute atomic E-state index is 12.1. The molecule has 0 aliphatic carbocycles. The second-order valence-corrected chi connectivity index (χ2v) is 6.68. The van der Waals surface area contributed by atoms with Gasteiger partial charge in [-0.25, -0.2) is 4.98 Å². The maximum Gasteiger partial charge on any atom is 0.230 e. The Hall–Kier alpha value is -1.91. The number of amides is 1. The molecule has 0 aliphatic rings. The lowest BCUT2D eigenvalue weighted by atomic mass is 10.1. The van der Waals surface area contributed by atoms with Crippen LogP contribution in [0.25, 0.3) is 10.2 Å². The van der Waals surface area contributed by atoms with Crippen LogP contribution in [0.2, 0.25) is 5.02 Å². The first-order valence-electron chi connectivity index (χ1n) is 6.94. The minimum Gasteiger partial charge on any atom is -0.302 e. The van der Waals surface area contributed by atoms with Crippen molar-refractivity contribution in [3.05, 3.63) is 58.1 Å². The van der Waals surface area contributed by atoms with E-state index < -0.39 is 0 Å². The fraction of sp³-hybridized carbons (Fsp3) is 0.176. The Labute approximate surface area is 138 Å². The number of fused-ring (bicyclic) bond motifs is 1. The monoisotopic (exact) mass is 330 g/mol. The molecule has 2 aromatic carbocycles. The van der Waals surface area contributed by atoms with Gasteiger partial charge < -0.3 is 5.32 Å². The van der Waals surface area contributed by atoms with E-state index >= 15 is 0 Å². The molecule has 0 saturated heterocycles. The van der Waals surface area contributed by atoms with Crippen molar-refractivity contribution >= 4 is 44.2 Å². The van der Waals surface area contributed by atoms with Crippen molar-refractivity contribution in [3.8, 4) is 0 Å². The van der Waals surface area contributed by atoms with Crippen molar-refractivity contribution in [1.82, 2.24) is 4.98 Å². The number of hydrogen-bond donors (Lipinski definition) is 1. The zero-order valence-corrected chi connectivity index (χ0v) is 13.9. The average Bonchev–Trinajstić information content (AvgIpc) is 2.90. The molecule has 1 heterocycles. The van der Waals surface area contributed by atoms with Gasteiger partial charge in [0, 0.05) is 5.02 Å². The number of rotatable bonds is 3. The number of hydrogen-bond acceptors (Lipinski definition) is 3. The van der Waals surface area contributed by atoms with E-state index in [4.69, 9.17) is 11.6 Å². The number of carbonyl (C=O) groups excluding carboxylic acids is 1. The molecule has 0 fully saturated rings. The molecule has 112 valence electrons. The molecule has 22 heavy (non-hydrogen) atoms. The van der Waals surface area contributed by atoms with Crippen LogP contribution in [0.4, 0.5) is 5.13 Å². The Bertz CT molecular complexity index is 801. The number of nitrogens with one attached hydrogen (secondary N) is 1. The van der Waals surface area contributed by atoms with Gasteiger partial charge in [-0.15, -0.1) is 0 Å². The van der Waals surface area contributed by atoms with Crippen molar-refractivity contribution in [1.29, 1.82) is 0 Å². The van der Waals surface area contributed by atoms with Crippen molar-refractivity contribution in [2.75, 3.05) is 5.32 Å². The summed E-state index contributed by atoms with van der Waals surface area (Å²) < 4.78 is 1.13. The summed E-state index contributed by atoms with van der Waals surface area (Å²) >= 11 is 7.36. The van der Waals surface area contributed by atoms with Gasteiger partial charge in [0.05, 0.1) is 16.6 Å². The molecule has 3 nitrogen and oxygen atoms in total. The van der Waals surface area contributed by atoms with E-state index in [9.17, 15) is 4.79 Å². The molecule has 1 aromatic heterocycles. The van der Waals surface area contributed by atoms with Gasteiger partial charge >= 0.3 is 0 Å². The van der Waals surface area contributed by atoms with Crippen molar-refractivity contribution < 1.29 is 4.79 Å². The quantitative estimate of drug-likeness (QED) is 0.753. The predicted octanol–water partition coefficient (Wildman–Crippen LogP) is 4.75. The Morgan fingerprint density at radius 2 is 1.82 bits per heavy atom. The highest BCUT2D eigenvalue weighted by Gasteiger charge is 2.11. The summed E-state index contributed by atoms with van der Waals surface area (Å²) in [6, 6.07) is 11.4. The number of nitrogens with zero attached hydrogens (tertiary/aromatic N) is 1. The van der Waals surface area contributed by atoms with Crippen LogP contribution in [0, 0.1) is 13.8 Å². The van der Waals surface area contributed by atoms with E-state index in [1.54, 1.807) is 12.1 Å². The van der Waals surface area contributed by atoms with Gasteiger partial charge in [0.2, 0.25) is 5.91 Å². The van der Waals surface area contributed by atoms with Crippen LogP contribution >= 0.6 is 22.9 Å². The number of carbonyl (C=O) groups is 1. The van der Waals surface area contributed by atoms with E-state index in [2.05, 4.69) is 29.4 Å². The summed E-state index contributed by atoms with van der Waals surface area (Å²) in [7, 11) is 0. The summed E-state index contributed by atoms with van der Waals surface area (Å²) in [5.41, 5.74) is 4.19. The SMILES string of the molecule is Cc1ccc(C)c2sc(NC(=O)Cc3ccc(Cl)cc3)nc12. The molecule has 1 amide bonds. The first-order chi connectivity index (χ1) is 10.5. The molecule has 0 radical (unpaired) electrons. The molecule has 0 saturated carbocycles. The van der Waals surface area contributed by atoms with Crippen molar-refractivity contribution in [2.24, 2.45) is 0 Å². The molecule has 3 rings (SSSR count). The second kappa shape index (κ2) is 6.07. The fourth-order valence-corrected chi connectivity index (χ4v) is 3.42. The normalized spacial score (nSPS) is 10.9. The molecule has 3 aromatic rings. The Morgan fingerprint density at radius 1 is 1.14 bits per heavy atom. The lowest BCUT2D eigenvalue weighted by Gasteiger charge is -2.02. The van der Waals surface area contributed by atoms with E-state index in [0.29, 0.717) is 16.6 Å². The Kier molecular flexibility index (Phi) is 4.14. The molecule has 0 bridgehead atoms. The van der Waals surface area contributed by atoms with Crippen LogP contribution in [0.3, 0.4) is 0 Å². The standard InChI is InChI=1S/C17H15ClN2OS/c1-10-3-4-11(2)16-15(10)20-17(22-16)19-14(21)9-12-5-7-13(18)8-6-12/h3-8H,9H2,1-2H3,(H,19,20,21). The predicted molar refractivity (Wildman–Crippen MR) is 92.9 cm³/mol. The van der Waals surface area contributed by atoms with Crippen LogP contribution in [-0.4, -0.2) is 10.9 Å². The third-order valence-electron chi connectivity index (χ3n) is 3.47. The lowest BCUT2D eigenvalue weighted by Crippen LogP contribution is -2.14. The number of halogens is 1. The first kappa shape index (κ1) is 15.0. The Balaban J connectivity index is 1.78. The number of anilines is 1. The number of aryl methyl sites for hydroxylation is 2. The molecule has 0 spiro atoms. The molecule has 0 aliphatic heterocycles. The summed E-state index contributed by atoms with van der Waals surface area (Å²) in [5.74, 6) is -0.0725. The van der Waals surface area contributed by atoms with E-state index in [1.165, 1.54) is 16.9 Å². The number of aromatic nitrogens is 1. The van der Waals surface area contributed by atoms with Crippen LogP contribution in [0.15, 0.2) is 36.4 Å². The van der Waals surface area contributed by atoms with Crippen LogP contribution in [0.1, 0.15) is 16.7 Å². The smallest absolute Gasteiger partial charge is 0.230 e. The van der Waals surface area contributed by atoms with Gasteiger partial charge in [-0.2, -0.15) is 0 Å². The zero-order valence-electron chi connectivity index (χ0n) is 12.3. The van der Waals surface area contributed by atoms with Crippen LogP contribution < -0.4 is 5.32 Å². The topological polar surface area (TPSA) is 42.0 Å². The number of thiazole rings is 1. The minimum absolute atomic E-state index is 0.0725. The third kappa shape index (κ3) is 3.13. The highest BCUT2D eigenvalue weighted by atomic mass is 35.5. The highest BCUT2D eigenvalue weighted by Crippen LogP contribution is 2.30. The molecule has 1 N–H and O–H groups in total. The van der Waals surface area contributed by atoms with Gasteiger partial charge in [-0.1, -0.05) is 47.2 Å². The fourth-order valence-electron chi connectivity index (χ4n) is 2.26. The largest absolute Gasteiger partial charge is 0.302 e. The molecular formula is C17H15ClN2OS.